The van der Waals surface area contributed by atoms with Crippen LogP contribution in [0.5, 0.6) is 0 Å². The second-order valence-electron chi connectivity index (χ2n) is 8.06. The molecule has 0 N–H and O–H groups in total. The van der Waals surface area contributed by atoms with Gasteiger partial charge in [0.2, 0.25) is 0 Å². The minimum absolute atomic E-state index is 0.983. The fourth-order valence-electron chi connectivity index (χ4n) is 4.30. The standard InChI is InChI=1S/C29H27NS/c1-30(27-15-8-13-22-10-6-7-14-26(22)27)25-20-18-24(19-21-25)29-17-9-16-28(31-29)23-11-4-2-3-5-12-23/h2,4-5,7-8,11-21H,3,6,9-10H2,1H3. The van der Waals surface area contributed by atoms with Crippen molar-refractivity contribution in [1.29, 1.82) is 0 Å². The summed E-state index contributed by atoms with van der Waals surface area (Å²) in [6.07, 6.45) is 24.6. The number of anilines is 2. The first kappa shape index (κ1) is 20.0. The van der Waals surface area contributed by atoms with Gasteiger partial charge in [-0.25, -0.2) is 0 Å². The second kappa shape index (κ2) is 9.03. The molecule has 0 amide bonds. The predicted octanol–water partition coefficient (Wildman–Crippen LogP) is 8.22. The second-order valence-corrected chi connectivity index (χ2v) is 9.14. The summed E-state index contributed by atoms with van der Waals surface area (Å²) < 4.78 is 0. The first-order valence-electron chi connectivity index (χ1n) is 11.0. The molecule has 154 valence electrons. The molecule has 0 atom stereocenters. The molecule has 3 aliphatic rings. The Labute approximate surface area is 189 Å². The Morgan fingerprint density at radius 1 is 0.839 bits per heavy atom. The van der Waals surface area contributed by atoms with E-state index in [9.17, 15) is 0 Å². The van der Waals surface area contributed by atoms with Gasteiger partial charge in [-0.1, -0.05) is 90.7 Å². The molecule has 0 radical (unpaired) electrons. The molecule has 2 aliphatic carbocycles. The molecule has 0 spiro atoms. The average Bonchev–Trinajstić information content (AvgIpc) is 3.13. The summed E-state index contributed by atoms with van der Waals surface area (Å²) in [5.74, 6) is 0. The lowest BCUT2D eigenvalue weighted by Crippen LogP contribution is -2.12. The number of hydrogen-bond donors (Lipinski definition) is 0. The Hall–Kier alpha value is -2.97. The van der Waals surface area contributed by atoms with Crippen LogP contribution in [-0.4, -0.2) is 7.05 Å². The largest absolute Gasteiger partial charge is 0.344 e. The van der Waals surface area contributed by atoms with Crippen LogP contribution >= 0.6 is 11.8 Å². The molecule has 1 heterocycles. The van der Waals surface area contributed by atoms with E-state index in [0.29, 0.717) is 0 Å². The molecule has 1 aliphatic heterocycles. The lowest BCUT2D eigenvalue weighted by molar-refractivity contribution is 0.982. The van der Waals surface area contributed by atoms with Crippen LogP contribution in [0.3, 0.4) is 0 Å². The first-order valence-corrected chi connectivity index (χ1v) is 11.9. The van der Waals surface area contributed by atoms with Crippen LogP contribution in [0.25, 0.3) is 11.0 Å². The Kier molecular flexibility index (Phi) is 5.82. The van der Waals surface area contributed by atoms with Crippen molar-refractivity contribution in [1.82, 2.24) is 0 Å². The van der Waals surface area contributed by atoms with E-state index in [2.05, 4.69) is 109 Å². The van der Waals surface area contributed by atoms with Crippen LogP contribution in [0.2, 0.25) is 0 Å². The third kappa shape index (κ3) is 4.26. The number of aryl methyl sites for hydroxylation is 1. The summed E-state index contributed by atoms with van der Waals surface area (Å²) >= 11 is 1.88. The third-order valence-electron chi connectivity index (χ3n) is 6.03. The van der Waals surface area contributed by atoms with Crippen LogP contribution < -0.4 is 4.90 Å². The van der Waals surface area contributed by atoms with Crippen molar-refractivity contribution < 1.29 is 0 Å². The van der Waals surface area contributed by atoms with Crippen molar-refractivity contribution in [2.24, 2.45) is 0 Å². The van der Waals surface area contributed by atoms with Crippen LogP contribution in [0.1, 0.15) is 36.0 Å². The maximum atomic E-state index is 2.34. The van der Waals surface area contributed by atoms with E-state index in [1.54, 1.807) is 0 Å². The summed E-state index contributed by atoms with van der Waals surface area (Å²) in [4.78, 5) is 5.00. The highest BCUT2D eigenvalue weighted by molar-refractivity contribution is 8.12. The Bertz CT molecular complexity index is 1160. The van der Waals surface area contributed by atoms with E-state index < -0.39 is 0 Å². The topological polar surface area (TPSA) is 3.24 Å². The van der Waals surface area contributed by atoms with Gasteiger partial charge in [0, 0.05) is 33.8 Å². The van der Waals surface area contributed by atoms with Crippen molar-refractivity contribution in [3.05, 3.63) is 118 Å². The molecule has 31 heavy (non-hydrogen) atoms. The van der Waals surface area contributed by atoms with Crippen molar-refractivity contribution in [2.75, 3.05) is 11.9 Å². The minimum atomic E-state index is 0.983. The molecule has 2 aromatic carbocycles. The molecule has 1 nitrogen and oxygen atoms in total. The predicted molar refractivity (Wildman–Crippen MR) is 138 cm³/mol. The number of thioether (sulfide) groups is 1. The quantitative estimate of drug-likeness (QED) is 0.489. The normalized spacial score (nSPS) is 17.4. The molecule has 0 saturated carbocycles. The zero-order valence-electron chi connectivity index (χ0n) is 17.9. The summed E-state index contributed by atoms with van der Waals surface area (Å²) in [5, 5.41) is 0. The fourth-order valence-corrected chi connectivity index (χ4v) is 5.41. The molecule has 2 heteroatoms. The van der Waals surface area contributed by atoms with E-state index in [4.69, 9.17) is 0 Å². The SMILES string of the molecule is CN(c1ccc(C2=CCC=C(C3=CC=CCC=C3)S2)cc1)c1cccc2c1C=CCC2. The van der Waals surface area contributed by atoms with Gasteiger partial charge in [-0.2, -0.15) is 0 Å². The molecule has 0 bridgehead atoms. The Morgan fingerprint density at radius 3 is 2.61 bits per heavy atom. The van der Waals surface area contributed by atoms with Gasteiger partial charge in [0.1, 0.15) is 0 Å². The molecular formula is C29H27NS. The maximum absolute atomic E-state index is 2.34. The van der Waals surface area contributed by atoms with Gasteiger partial charge in [0.15, 0.2) is 0 Å². The van der Waals surface area contributed by atoms with E-state index in [1.807, 2.05) is 11.8 Å². The van der Waals surface area contributed by atoms with Crippen molar-refractivity contribution in [3.63, 3.8) is 0 Å². The van der Waals surface area contributed by atoms with Gasteiger partial charge in [-0.3, -0.25) is 0 Å². The molecule has 2 aromatic rings. The highest BCUT2D eigenvalue weighted by Crippen LogP contribution is 2.42. The van der Waals surface area contributed by atoms with Gasteiger partial charge in [-0.15, -0.1) is 0 Å². The number of nitrogens with zero attached hydrogens (tertiary/aromatic N) is 1. The summed E-state index contributed by atoms with van der Waals surface area (Å²) in [7, 11) is 2.17. The summed E-state index contributed by atoms with van der Waals surface area (Å²) in [6, 6.07) is 15.7. The van der Waals surface area contributed by atoms with Gasteiger partial charge in [-0.05, 0) is 60.6 Å². The lowest BCUT2D eigenvalue weighted by Gasteiger charge is -2.25. The number of fused-ring (bicyclic) bond motifs is 1. The number of hydrogen-bond acceptors (Lipinski definition) is 2. The molecule has 0 fully saturated rings. The lowest BCUT2D eigenvalue weighted by atomic mass is 9.95. The van der Waals surface area contributed by atoms with Gasteiger partial charge in [0.25, 0.3) is 0 Å². The smallest absolute Gasteiger partial charge is 0.0484 e. The summed E-state index contributed by atoms with van der Waals surface area (Å²) in [6.45, 7) is 0. The number of rotatable bonds is 4. The van der Waals surface area contributed by atoms with Crippen molar-refractivity contribution in [3.8, 4) is 0 Å². The Balaban J connectivity index is 1.35. The highest BCUT2D eigenvalue weighted by Gasteiger charge is 2.15. The van der Waals surface area contributed by atoms with Crippen molar-refractivity contribution in [2.45, 2.75) is 25.7 Å². The number of allylic oxidation sites excluding steroid dienone is 9. The zero-order chi connectivity index (χ0) is 21.0. The zero-order valence-corrected chi connectivity index (χ0v) is 18.7. The Morgan fingerprint density at radius 2 is 1.71 bits per heavy atom. The monoisotopic (exact) mass is 421 g/mol. The van der Waals surface area contributed by atoms with E-state index in [1.165, 1.54) is 43.4 Å². The van der Waals surface area contributed by atoms with E-state index >= 15 is 0 Å². The van der Waals surface area contributed by atoms with Gasteiger partial charge < -0.3 is 4.90 Å². The van der Waals surface area contributed by atoms with Crippen LogP contribution in [0.15, 0.2) is 102 Å². The van der Waals surface area contributed by atoms with Crippen LogP contribution in [0.4, 0.5) is 11.4 Å². The van der Waals surface area contributed by atoms with Crippen LogP contribution in [-0.2, 0) is 6.42 Å². The van der Waals surface area contributed by atoms with Gasteiger partial charge in [0.05, 0.1) is 0 Å². The molecular weight excluding hydrogens is 394 g/mol. The fraction of sp³-hybridized carbons (Fsp3) is 0.172. The highest BCUT2D eigenvalue weighted by atomic mass is 32.2. The molecule has 5 rings (SSSR count). The van der Waals surface area contributed by atoms with Gasteiger partial charge >= 0.3 is 0 Å². The van der Waals surface area contributed by atoms with E-state index in [0.717, 1.165) is 25.7 Å². The van der Waals surface area contributed by atoms with Crippen molar-refractivity contribution >= 4 is 34.1 Å². The molecule has 0 saturated heterocycles. The summed E-state index contributed by atoms with van der Waals surface area (Å²) in [5.41, 5.74) is 7.90. The number of benzene rings is 2. The average molecular weight is 422 g/mol. The van der Waals surface area contributed by atoms with E-state index in [-0.39, 0.29) is 0 Å². The molecule has 0 aromatic heterocycles. The molecule has 0 unspecified atom stereocenters. The minimum Gasteiger partial charge on any atom is -0.344 e. The first-order chi connectivity index (χ1) is 15.3. The van der Waals surface area contributed by atoms with Crippen LogP contribution in [0, 0.1) is 0 Å². The third-order valence-corrected chi connectivity index (χ3v) is 7.28. The maximum Gasteiger partial charge on any atom is 0.0484 e.